The summed E-state index contributed by atoms with van der Waals surface area (Å²) in [7, 11) is 3.40. The van der Waals surface area contributed by atoms with Crippen molar-refractivity contribution in [2.24, 2.45) is 4.99 Å². The highest BCUT2D eigenvalue weighted by Gasteiger charge is 2.18. The minimum atomic E-state index is -0.528. The fraction of sp³-hybridized carbons (Fsp3) is 0.833. The third-order valence-electron chi connectivity index (χ3n) is 3.35. The average molecular weight is 499 g/mol. The summed E-state index contributed by atoms with van der Waals surface area (Å²) in [6.07, 6.45) is 2.50. The van der Waals surface area contributed by atoms with E-state index in [-0.39, 0.29) is 42.5 Å². The highest BCUT2D eigenvalue weighted by molar-refractivity contribution is 14.0. The number of likely N-dealkylation sites (N-methyl/N-ethyl adjacent to an activating group) is 1. The summed E-state index contributed by atoms with van der Waals surface area (Å²) in [5, 5.41) is 9.23. The number of halogens is 1. The van der Waals surface area contributed by atoms with E-state index < -0.39 is 11.7 Å². The second kappa shape index (κ2) is 14.8. The molecule has 0 aromatic heterocycles. The van der Waals surface area contributed by atoms with E-state index in [4.69, 9.17) is 4.74 Å². The average Bonchev–Trinajstić information content (AvgIpc) is 2.52. The van der Waals surface area contributed by atoms with Gasteiger partial charge in [0.1, 0.15) is 12.1 Å². The normalized spacial score (nSPS) is 12.5. The number of hydrogen-bond acceptors (Lipinski definition) is 4. The number of hydrogen-bond donors (Lipinski definition) is 3. The van der Waals surface area contributed by atoms with Crippen LogP contribution in [0.5, 0.6) is 0 Å². The Labute approximate surface area is 181 Å². The predicted molar refractivity (Wildman–Crippen MR) is 121 cm³/mol. The van der Waals surface area contributed by atoms with Crippen LogP contribution < -0.4 is 16.0 Å². The molecular weight excluding hydrogens is 461 g/mol. The van der Waals surface area contributed by atoms with E-state index in [1.807, 2.05) is 27.7 Å². The molecule has 9 heteroatoms. The first kappa shape index (κ1) is 28.0. The standard InChI is InChI=1S/C18H37N5O3.HI/c1-8-10-11-14(12-21-17(25)26-18(3,4)5)22-16(19-9-2)20-13-15(24)23(6)7;/h14H,8-13H2,1-7H3,(H,21,25)(H2,19,20,22);1H. The van der Waals surface area contributed by atoms with Gasteiger partial charge in [0.25, 0.3) is 0 Å². The van der Waals surface area contributed by atoms with Gasteiger partial charge < -0.3 is 25.6 Å². The summed E-state index contributed by atoms with van der Waals surface area (Å²) >= 11 is 0. The van der Waals surface area contributed by atoms with Gasteiger partial charge in [-0.3, -0.25) is 4.79 Å². The van der Waals surface area contributed by atoms with Crippen molar-refractivity contribution < 1.29 is 14.3 Å². The Hall–Kier alpha value is -1.26. The number of carbonyl (C=O) groups is 2. The van der Waals surface area contributed by atoms with Gasteiger partial charge in [0, 0.05) is 33.2 Å². The predicted octanol–water partition coefficient (Wildman–Crippen LogP) is 2.33. The maximum absolute atomic E-state index is 11.9. The quantitative estimate of drug-likeness (QED) is 0.257. The minimum absolute atomic E-state index is 0. The van der Waals surface area contributed by atoms with Gasteiger partial charge in [-0.25, -0.2) is 9.79 Å². The number of unbranched alkanes of at least 4 members (excludes halogenated alkanes) is 1. The Bertz CT molecular complexity index is 464. The van der Waals surface area contributed by atoms with Gasteiger partial charge in [0.2, 0.25) is 5.91 Å². The van der Waals surface area contributed by atoms with E-state index in [1.54, 1.807) is 14.1 Å². The molecule has 27 heavy (non-hydrogen) atoms. The Morgan fingerprint density at radius 3 is 2.26 bits per heavy atom. The smallest absolute Gasteiger partial charge is 0.407 e. The maximum Gasteiger partial charge on any atom is 0.407 e. The summed E-state index contributed by atoms with van der Waals surface area (Å²) in [5.74, 6) is 0.494. The molecule has 2 amide bonds. The lowest BCUT2D eigenvalue weighted by molar-refractivity contribution is -0.127. The first-order valence-corrected chi connectivity index (χ1v) is 9.30. The third kappa shape index (κ3) is 15.5. The van der Waals surface area contributed by atoms with Crippen molar-refractivity contribution in [2.75, 3.05) is 33.7 Å². The van der Waals surface area contributed by atoms with Crippen LogP contribution in [0, 0.1) is 0 Å². The molecule has 160 valence electrons. The minimum Gasteiger partial charge on any atom is -0.444 e. The van der Waals surface area contributed by atoms with Crippen molar-refractivity contribution in [3.63, 3.8) is 0 Å². The van der Waals surface area contributed by atoms with Crippen LogP contribution in [0.2, 0.25) is 0 Å². The molecule has 0 bridgehead atoms. The molecule has 0 saturated heterocycles. The van der Waals surface area contributed by atoms with E-state index >= 15 is 0 Å². The number of guanidine groups is 1. The lowest BCUT2D eigenvalue weighted by Crippen LogP contribution is -2.49. The summed E-state index contributed by atoms with van der Waals surface area (Å²) in [4.78, 5) is 29.5. The van der Waals surface area contributed by atoms with Crippen LogP contribution in [0.25, 0.3) is 0 Å². The van der Waals surface area contributed by atoms with Gasteiger partial charge in [0.15, 0.2) is 5.96 Å². The van der Waals surface area contributed by atoms with Crippen LogP contribution in [-0.2, 0) is 9.53 Å². The second-order valence-electron chi connectivity index (χ2n) is 7.35. The molecule has 0 aromatic rings. The van der Waals surface area contributed by atoms with E-state index in [0.717, 1.165) is 19.3 Å². The highest BCUT2D eigenvalue weighted by Crippen LogP contribution is 2.07. The molecule has 0 rings (SSSR count). The maximum atomic E-state index is 11.9. The van der Waals surface area contributed by atoms with Crippen LogP contribution in [0.4, 0.5) is 4.79 Å². The third-order valence-corrected chi connectivity index (χ3v) is 3.35. The molecule has 0 aliphatic heterocycles. The van der Waals surface area contributed by atoms with Crippen LogP contribution in [0.1, 0.15) is 53.9 Å². The molecule has 0 saturated carbocycles. The zero-order valence-electron chi connectivity index (χ0n) is 17.8. The van der Waals surface area contributed by atoms with E-state index in [2.05, 4.69) is 27.9 Å². The van der Waals surface area contributed by atoms with Crippen LogP contribution in [0.3, 0.4) is 0 Å². The van der Waals surface area contributed by atoms with Crippen LogP contribution in [0.15, 0.2) is 4.99 Å². The molecule has 0 fully saturated rings. The Morgan fingerprint density at radius 1 is 1.15 bits per heavy atom. The van der Waals surface area contributed by atoms with Crippen molar-refractivity contribution in [2.45, 2.75) is 65.5 Å². The molecule has 0 aliphatic rings. The number of nitrogens with one attached hydrogen (secondary N) is 3. The van der Waals surface area contributed by atoms with E-state index in [9.17, 15) is 9.59 Å². The van der Waals surface area contributed by atoms with Gasteiger partial charge in [-0.15, -0.1) is 24.0 Å². The molecule has 0 heterocycles. The largest absolute Gasteiger partial charge is 0.444 e. The number of amides is 2. The fourth-order valence-electron chi connectivity index (χ4n) is 2.00. The molecule has 8 nitrogen and oxygen atoms in total. The molecule has 1 unspecified atom stereocenters. The number of rotatable bonds is 9. The number of aliphatic imine (C=N–C) groups is 1. The summed E-state index contributed by atoms with van der Waals surface area (Å²) < 4.78 is 5.28. The SMILES string of the molecule is CCCCC(CNC(=O)OC(C)(C)C)NC(=NCC(=O)N(C)C)NCC.I. The van der Waals surface area contributed by atoms with Gasteiger partial charge >= 0.3 is 6.09 Å². The van der Waals surface area contributed by atoms with Gasteiger partial charge in [-0.05, 0) is 34.1 Å². The summed E-state index contributed by atoms with van der Waals surface area (Å²) in [6.45, 7) is 10.7. The van der Waals surface area contributed by atoms with E-state index in [1.165, 1.54) is 4.90 Å². The van der Waals surface area contributed by atoms with Gasteiger partial charge in [0.05, 0.1) is 0 Å². The second-order valence-corrected chi connectivity index (χ2v) is 7.35. The molecule has 0 spiro atoms. The zero-order chi connectivity index (χ0) is 20.2. The number of ether oxygens (including phenoxy) is 1. The summed E-state index contributed by atoms with van der Waals surface area (Å²) in [6, 6.07) is -0.00488. The first-order chi connectivity index (χ1) is 12.1. The molecule has 0 aliphatic carbocycles. The van der Waals surface area contributed by atoms with Crippen molar-refractivity contribution in [3.8, 4) is 0 Å². The molecule has 0 radical (unpaired) electrons. The monoisotopic (exact) mass is 499 g/mol. The van der Waals surface area contributed by atoms with Gasteiger partial charge in [-0.1, -0.05) is 19.8 Å². The molecule has 3 N–H and O–H groups in total. The van der Waals surface area contributed by atoms with Crippen molar-refractivity contribution in [3.05, 3.63) is 0 Å². The lowest BCUT2D eigenvalue weighted by atomic mass is 10.1. The fourth-order valence-corrected chi connectivity index (χ4v) is 2.00. The lowest BCUT2D eigenvalue weighted by Gasteiger charge is -2.24. The first-order valence-electron chi connectivity index (χ1n) is 9.30. The zero-order valence-corrected chi connectivity index (χ0v) is 20.2. The van der Waals surface area contributed by atoms with Crippen LogP contribution in [-0.4, -0.2) is 68.2 Å². The van der Waals surface area contributed by atoms with E-state index in [0.29, 0.717) is 19.0 Å². The Balaban J connectivity index is 0. The topological polar surface area (TPSA) is 95.1 Å². The number of carbonyl (C=O) groups excluding carboxylic acids is 2. The molecular formula is C18H38IN5O3. The number of alkyl carbamates (subject to hydrolysis) is 1. The summed E-state index contributed by atoms with van der Waals surface area (Å²) in [5.41, 5.74) is -0.528. The molecule has 0 aromatic carbocycles. The highest BCUT2D eigenvalue weighted by atomic mass is 127. The van der Waals surface area contributed by atoms with Crippen molar-refractivity contribution in [1.29, 1.82) is 0 Å². The molecule has 1 atom stereocenters. The van der Waals surface area contributed by atoms with Gasteiger partial charge in [-0.2, -0.15) is 0 Å². The Kier molecular flexibility index (Phi) is 15.3. The van der Waals surface area contributed by atoms with Crippen LogP contribution >= 0.6 is 24.0 Å². The van der Waals surface area contributed by atoms with Crippen molar-refractivity contribution in [1.82, 2.24) is 20.9 Å². The van der Waals surface area contributed by atoms with Crippen molar-refractivity contribution >= 4 is 41.9 Å². The Morgan fingerprint density at radius 2 is 1.78 bits per heavy atom. The number of nitrogens with zero attached hydrogens (tertiary/aromatic N) is 2.